The lowest BCUT2D eigenvalue weighted by molar-refractivity contribution is -0.0274. The van der Waals surface area contributed by atoms with Crippen molar-refractivity contribution in [3.05, 3.63) is 6.42 Å². The van der Waals surface area contributed by atoms with Crippen molar-refractivity contribution in [3.8, 4) is 0 Å². The van der Waals surface area contributed by atoms with Crippen molar-refractivity contribution in [3.63, 3.8) is 0 Å². The first kappa shape index (κ1) is 30.4. The van der Waals surface area contributed by atoms with Gasteiger partial charge in [-0.25, -0.2) is 0 Å². The van der Waals surface area contributed by atoms with E-state index in [1.54, 1.807) is 0 Å². The summed E-state index contributed by atoms with van der Waals surface area (Å²) in [5, 5.41) is 4.13. The fraction of sp³-hybridized carbons (Fsp3) is 0.970. The Bertz CT molecular complexity index is 572. The van der Waals surface area contributed by atoms with Crippen molar-refractivity contribution < 1.29 is 0 Å². The second kappa shape index (κ2) is 14.9. The molecule has 1 N–H and O–H groups in total. The third-order valence-electron chi connectivity index (χ3n) is 10.9. The Balaban J connectivity index is 2.07. The Morgan fingerprint density at radius 1 is 0.583 bits per heavy atom. The Labute approximate surface area is 226 Å². The van der Waals surface area contributed by atoms with Gasteiger partial charge in [-0.3, -0.25) is 9.80 Å². The molecule has 3 aliphatic carbocycles. The summed E-state index contributed by atoms with van der Waals surface area (Å²) in [7, 11) is 0. The van der Waals surface area contributed by atoms with Crippen LogP contribution >= 0.6 is 0 Å². The van der Waals surface area contributed by atoms with E-state index in [1.165, 1.54) is 142 Å². The van der Waals surface area contributed by atoms with Crippen LogP contribution in [-0.2, 0) is 0 Å². The first-order valence-electron chi connectivity index (χ1n) is 16.6. The van der Waals surface area contributed by atoms with Crippen LogP contribution in [0.1, 0.15) is 150 Å². The lowest BCUT2D eigenvalue weighted by Crippen LogP contribution is -2.61. The van der Waals surface area contributed by atoms with Crippen LogP contribution in [0.25, 0.3) is 0 Å². The maximum atomic E-state index is 4.13. The molecule has 0 aromatic carbocycles. The second-order valence-electron chi connectivity index (χ2n) is 12.7. The molecule has 3 nitrogen and oxygen atoms in total. The Morgan fingerprint density at radius 3 is 1.50 bits per heavy atom. The van der Waals surface area contributed by atoms with Crippen LogP contribution in [-0.4, -0.2) is 59.1 Å². The van der Waals surface area contributed by atoms with Crippen LogP contribution in [0.5, 0.6) is 0 Å². The van der Waals surface area contributed by atoms with Gasteiger partial charge in [0.2, 0.25) is 0 Å². The monoisotopic (exact) mass is 503 g/mol. The molecule has 0 saturated heterocycles. The first-order chi connectivity index (χ1) is 17.5. The summed E-state index contributed by atoms with van der Waals surface area (Å²) in [4.78, 5) is 5.86. The molecule has 36 heavy (non-hydrogen) atoms. The molecule has 0 aromatic rings. The van der Waals surface area contributed by atoms with E-state index in [2.05, 4.69) is 56.2 Å². The summed E-state index contributed by atoms with van der Waals surface area (Å²) in [5.41, 5.74) is 0.975. The predicted octanol–water partition coefficient (Wildman–Crippen LogP) is 8.38. The van der Waals surface area contributed by atoms with Gasteiger partial charge in [0.15, 0.2) is 0 Å². The molecule has 0 bridgehead atoms. The zero-order chi connectivity index (χ0) is 25.9. The van der Waals surface area contributed by atoms with E-state index in [1.807, 2.05) is 0 Å². The molecular weight excluding hydrogens is 438 g/mol. The minimum absolute atomic E-state index is 0.239. The summed E-state index contributed by atoms with van der Waals surface area (Å²) in [5.74, 6) is 0.675. The molecular formula is C33H64N3. The van der Waals surface area contributed by atoms with Crippen LogP contribution in [0.3, 0.4) is 0 Å². The van der Waals surface area contributed by atoms with Gasteiger partial charge in [-0.1, -0.05) is 105 Å². The van der Waals surface area contributed by atoms with E-state index in [0.29, 0.717) is 17.0 Å². The molecule has 3 heteroatoms. The highest BCUT2D eigenvalue weighted by atomic mass is 15.2. The van der Waals surface area contributed by atoms with E-state index < -0.39 is 0 Å². The fourth-order valence-corrected chi connectivity index (χ4v) is 9.18. The van der Waals surface area contributed by atoms with Gasteiger partial charge in [-0.05, 0) is 90.0 Å². The van der Waals surface area contributed by atoms with Crippen molar-refractivity contribution in [2.45, 2.75) is 167 Å². The van der Waals surface area contributed by atoms with Crippen LogP contribution in [0.2, 0.25) is 0 Å². The minimum atomic E-state index is 0.239. The average molecular weight is 503 g/mol. The lowest BCUT2D eigenvalue weighted by atomic mass is 9.62. The van der Waals surface area contributed by atoms with Gasteiger partial charge in [0.25, 0.3) is 0 Å². The highest BCUT2D eigenvalue weighted by Gasteiger charge is 2.50. The SMILES string of the molecule is CCNC1([CH]C(CC2(N(CC)CC)CCCCCC2)C2(N(CC)CC)CCCCC2)CCCCCC1. The van der Waals surface area contributed by atoms with Gasteiger partial charge in [0, 0.05) is 16.6 Å². The molecule has 1 radical (unpaired) electrons. The van der Waals surface area contributed by atoms with Crippen molar-refractivity contribution in [2.24, 2.45) is 5.92 Å². The molecule has 0 spiro atoms. The quantitative estimate of drug-likeness (QED) is 0.255. The average Bonchev–Trinajstić information content (AvgIpc) is 3.27. The number of nitrogens with one attached hydrogen (secondary N) is 1. The molecule has 0 amide bonds. The van der Waals surface area contributed by atoms with Crippen molar-refractivity contribution in [1.29, 1.82) is 0 Å². The molecule has 0 heterocycles. The topological polar surface area (TPSA) is 18.5 Å². The van der Waals surface area contributed by atoms with Gasteiger partial charge >= 0.3 is 0 Å². The van der Waals surface area contributed by atoms with E-state index in [-0.39, 0.29) is 5.54 Å². The van der Waals surface area contributed by atoms with Crippen molar-refractivity contribution >= 4 is 0 Å². The Hall–Kier alpha value is -0.120. The van der Waals surface area contributed by atoms with Crippen LogP contribution in [0.15, 0.2) is 0 Å². The Morgan fingerprint density at radius 2 is 1.03 bits per heavy atom. The largest absolute Gasteiger partial charge is 0.311 e. The number of hydrogen-bond acceptors (Lipinski definition) is 3. The van der Waals surface area contributed by atoms with Crippen LogP contribution in [0, 0.1) is 12.3 Å². The van der Waals surface area contributed by atoms with E-state index in [0.717, 1.165) is 6.54 Å². The molecule has 3 aliphatic rings. The molecule has 1 atom stereocenters. The van der Waals surface area contributed by atoms with Gasteiger partial charge in [-0.15, -0.1) is 0 Å². The highest BCUT2D eigenvalue weighted by Crippen LogP contribution is 2.50. The molecule has 3 rings (SSSR count). The number of nitrogens with zero attached hydrogens (tertiary/aromatic N) is 2. The van der Waals surface area contributed by atoms with E-state index >= 15 is 0 Å². The van der Waals surface area contributed by atoms with Gasteiger partial charge < -0.3 is 5.32 Å². The first-order valence-corrected chi connectivity index (χ1v) is 16.6. The minimum Gasteiger partial charge on any atom is -0.311 e. The van der Waals surface area contributed by atoms with Crippen molar-refractivity contribution in [2.75, 3.05) is 32.7 Å². The highest BCUT2D eigenvalue weighted by molar-refractivity contribution is 5.14. The zero-order valence-electron chi connectivity index (χ0n) is 25.3. The summed E-state index contributed by atoms with van der Waals surface area (Å²) < 4.78 is 0. The number of hydrogen-bond donors (Lipinski definition) is 1. The maximum Gasteiger partial charge on any atom is 0.0241 e. The molecule has 3 fully saturated rings. The summed E-state index contributed by atoms with van der Waals surface area (Å²) >= 11 is 0. The number of rotatable bonds is 13. The van der Waals surface area contributed by atoms with Crippen LogP contribution < -0.4 is 5.32 Å². The van der Waals surface area contributed by atoms with Crippen LogP contribution in [0.4, 0.5) is 0 Å². The standard InChI is InChI=1S/C33H64N3/c1-6-34-31(22-16-11-12-17-23-31)28-30(33(36(9-4)10-5)26-20-15-21-27-33)29-32(35(7-2)8-3)24-18-13-14-19-25-32/h28,30,34H,6-27,29H2,1-5H3. The van der Waals surface area contributed by atoms with Crippen molar-refractivity contribution in [1.82, 2.24) is 15.1 Å². The summed E-state index contributed by atoms with van der Waals surface area (Å²) in [6, 6.07) is 0. The predicted molar refractivity (Wildman–Crippen MR) is 159 cm³/mol. The van der Waals surface area contributed by atoms with E-state index in [9.17, 15) is 0 Å². The second-order valence-corrected chi connectivity index (χ2v) is 12.7. The molecule has 3 saturated carbocycles. The summed E-state index contributed by atoms with van der Waals surface area (Å²) in [6.07, 6.45) is 28.4. The smallest absolute Gasteiger partial charge is 0.0241 e. The molecule has 1 unspecified atom stereocenters. The van der Waals surface area contributed by atoms with Gasteiger partial charge in [0.1, 0.15) is 0 Å². The van der Waals surface area contributed by atoms with Gasteiger partial charge in [-0.2, -0.15) is 0 Å². The molecule has 0 aliphatic heterocycles. The maximum absolute atomic E-state index is 4.13. The normalized spacial score (nSPS) is 25.4. The summed E-state index contributed by atoms with van der Waals surface area (Å²) in [6.45, 7) is 18.0. The zero-order valence-corrected chi connectivity index (χ0v) is 25.3. The Kier molecular flexibility index (Phi) is 12.6. The third kappa shape index (κ3) is 7.09. The fourth-order valence-electron chi connectivity index (χ4n) is 9.18. The molecule has 0 aromatic heterocycles. The van der Waals surface area contributed by atoms with E-state index in [4.69, 9.17) is 0 Å². The third-order valence-corrected chi connectivity index (χ3v) is 10.9. The molecule has 211 valence electrons. The lowest BCUT2D eigenvalue weighted by Gasteiger charge is -2.56. The van der Waals surface area contributed by atoms with Gasteiger partial charge in [0.05, 0.1) is 0 Å².